The number of halogens is 3. The maximum absolute atomic E-state index is 17.2. The molecule has 2 N–H and O–H groups in total. The van der Waals surface area contributed by atoms with Gasteiger partial charge < -0.3 is 15.0 Å². The number of H-pyrrole nitrogens is 1. The fourth-order valence-electron chi connectivity index (χ4n) is 8.89. The number of aromatic nitrogens is 4. The summed E-state index contributed by atoms with van der Waals surface area (Å²) < 4.78 is 54.7. The number of piperazine rings is 1. The number of rotatable bonds is 5. The molecule has 0 amide bonds. The Kier molecular flexibility index (Phi) is 6.31. The Morgan fingerprint density at radius 1 is 1.13 bits per heavy atom. The van der Waals surface area contributed by atoms with E-state index in [0.29, 0.717) is 59.3 Å². The Balaban J connectivity index is 1.25. The molecule has 4 atom stereocenters. The second-order valence-electron chi connectivity index (χ2n) is 14.1. The predicted molar refractivity (Wildman–Crippen MR) is 175 cm³/mol. The van der Waals surface area contributed by atoms with Crippen molar-refractivity contribution in [2.75, 3.05) is 37.7 Å². The molecule has 2 aromatic heterocycles. The van der Waals surface area contributed by atoms with Crippen molar-refractivity contribution in [3.63, 3.8) is 0 Å². The molecular weight excluding hydrogens is 603 g/mol. The number of nitrogens with zero attached hydrogens (tertiary/aromatic N) is 5. The van der Waals surface area contributed by atoms with Gasteiger partial charge >= 0.3 is 6.01 Å². The maximum atomic E-state index is 17.2. The van der Waals surface area contributed by atoms with Gasteiger partial charge in [-0.15, -0.1) is 6.42 Å². The van der Waals surface area contributed by atoms with Gasteiger partial charge in [0.1, 0.15) is 29.9 Å². The quantitative estimate of drug-likeness (QED) is 0.233. The number of hydrogen-bond acceptors (Lipinski definition) is 7. The number of ether oxygens (including phenoxy) is 1. The topological polar surface area (TPSA) is 82.2 Å². The van der Waals surface area contributed by atoms with Crippen LogP contribution in [0, 0.1) is 24.0 Å². The smallest absolute Gasteiger partial charge is 0.319 e. The number of fused-ring (bicyclic) bond motifs is 6. The summed E-state index contributed by atoms with van der Waals surface area (Å²) in [6, 6.07) is 8.89. The van der Waals surface area contributed by atoms with Gasteiger partial charge in [-0.2, -0.15) is 15.1 Å². The summed E-state index contributed by atoms with van der Waals surface area (Å²) in [5.74, 6) is 1.54. The van der Waals surface area contributed by atoms with Crippen molar-refractivity contribution in [3.05, 3.63) is 53.7 Å². The van der Waals surface area contributed by atoms with Crippen LogP contribution >= 0.6 is 0 Å². The first-order chi connectivity index (χ1) is 22.7. The van der Waals surface area contributed by atoms with Crippen molar-refractivity contribution in [1.82, 2.24) is 30.4 Å². The lowest BCUT2D eigenvalue weighted by Crippen LogP contribution is -2.58. The Hall–Kier alpha value is -4.40. The van der Waals surface area contributed by atoms with Gasteiger partial charge in [-0.05, 0) is 62.7 Å². The van der Waals surface area contributed by atoms with Gasteiger partial charge in [0.2, 0.25) is 0 Å². The van der Waals surface area contributed by atoms with E-state index in [9.17, 15) is 4.39 Å². The summed E-state index contributed by atoms with van der Waals surface area (Å²) in [5.41, 5.74) is 0.584. The number of nitrogens with one attached hydrogen (secondary N) is 2. The van der Waals surface area contributed by atoms with Crippen LogP contribution < -0.4 is 15.0 Å². The largest absolute Gasteiger partial charge is 0.461 e. The van der Waals surface area contributed by atoms with Crippen LogP contribution in [-0.2, 0) is 0 Å². The number of benzene rings is 3. The van der Waals surface area contributed by atoms with Crippen molar-refractivity contribution in [1.29, 1.82) is 0 Å². The molecule has 0 unspecified atom stereocenters. The number of alkyl halides is 1. The van der Waals surface area contributed by atoms with Crippen molar-refractivity contribution in [2.45, 2.75) is 62.3 Å². The third-order valence-corrected chi connectivity index (χ3v) is 10.9. The molecule has 240 valence electrons. The van der Waals surface area contributed by atoms with Crippen molar-refractivity contribution in [2.24, 2.45) is 0 Å². The van der Waals surface area contributed by atoms with Crippen LogP contribution in [0.2, 0.25) is 0 Å². The monoisotopic (exact) mass is 637 g/mol. The molecule has 6 heterocycles. The van der Waals surface area contributed by atoms with Crippen LogP contribution in [-0.4, -0.2) is 81.1 Å². The lowest BCUT2D eigenvalue weighted by atomic mass is 9.90. The summed E-state index contributed by atoms with van der Waals surface area (Å²) in [4.78, 5) is 13.7. The summed E-state index contributed by atoms with van der Waals surface area (Å²) in [5, 5.41) is 12.9. The SMILES string of the molecule is C#Cc1cccc2cc3[nH]ncc3c(-c3c(F)cc4c(N5C[C@H]6CC[C@@](C)(C5)N6)nc(OC[C@@]56CCCN5C[C@H](F)C6)nc4c3F)c12. The molecule has 0 saturated carbocycles. The zero-order valence-electron chi connectivity index (χ0n) is 26.0. The molecule has 0 spiro atoms. The first-order valence-corrected chi connectivity index (χ1v) is 16.3. The first-order valence-electron chi connectivity index (χ1n) is 16.3. The molecule has 8 nitrogen and oxygen atoms in total. The summed E-state index contributed by atoms with van der Waals surface area (Å²) in [7, 11) is 0. The normalized spacial score (nSPS) is 27.3. The van der Waals surface area contributed by atoms with E-state index in [2.05, 4.69) is 43.1 Å². The van der Waals surface area contributed by atoms with E-state index in [1.807, 2.05) is 18.2 Å². The lowest BCUT2D eigenvalue weighted by Gasteiger charge is -2.40. The van der Waals surface area contributed by atoms with Gasteiger partial charge in [0.05, 0.1) is 22.8 Å². The van der Waals surface area contributed by atoms with Gasteiger partial charge in [-0.1, -0.05) is 18.1 Å². The fraction of sp³-hybridized carbons (Fsp3) is 0.417. The third-order valence-electron chi connectivity index (χ3n) is 10.9. The maximum Gasteiger partial charge on any atom is 0.319 e. The molecule has 3 aromatic carbocycles. The second kappa shape index (κ2) is 10.3. The number of terminal acetylenes is 1. The highest BCUT2D eigenvalue weighted by atomic mass is 19.1. The van der Waals surface area contributed by atoms with Gasteiger partial charge in [0.15, 0.2) is 5.82 Å². The van der Waals surface area contributed by atoms with E-state index >= 15 is 8.78 Å². The van der Waals surface area contributed by atoms with E-state index in [1.165, 1.54) is 6.07 Å². The van der Waals surface area contributed by atoms with Crippen molar-refractivity contribution < 1.29 is 17.9 Å². The molecular formula is C36H34F3N7O. The molecule has 4 saturated heterocycles. The lowest BCUT2D eigenvalue weighted by molar-refractivity contribution is 0.107. The van der Waals surface area contributed by atoms with E-state index < -0.39 is 23.3 Å². The van der Waals surface area contributed by atoms with Crippen LogP contribution in [0.4, 0.5) is 19.0 Å². The van der Waals surface area contributed by atoms with Gasteiger partial charge in [0.25, 0.3) is 0 Å². The Morgan fingerprint density at radius 3 is 2.87 bits per heavy atom. The Bertz CT molecular complexity index is 2150. The Labute approximate surface area is 269 Å². The van der Waals surface area contributed by atoms with Crippen LogP contribution in [0.1, 0.15) is 44.6 Å². The number of hydrogen-bond donors (Lipinski definition) is 2. The van der Waals surface area contributed by atoms with Gasteiger partial charge in [-0.25, -0.2) is 13.2 Å². The molecule has 4 aliphatic heterocycles. The average Bonchev–Trinajstić information content (AvgIpc) is 3.81. The van der Waals surface area contributed by atoms with Crippen LogP contribution in [0.15, 0.2) is 36.5 Å². The third kappa shape index (κ3) is 4.41. The van der Waals surface area contributed by atoms with Gasteiger partial charge in [0, 0.05) is 64.9 Å². The van der Waals surface area contributed by atoms with E-state index in [-0.39, 0.29) is 40.7 Å². The molecule has 0 radical (unpaired) electrons. The summed E-state index contributed by atoms with van der Waals surface area (Å²) in [6.07, 6.45) is 10.7. The van der Waals surface area contributed by atoms with Crippen molar-refractivity contribution in [3.8, 4) is 29.5 Å². The Morgan fingerprint density at radius 2 is 2.02 bits per heavy atom. The van der Waals surface area contributed by atoms with Gasteiger partial charge in [-0.3, -0.25) is 10.00 Å². The first kappa shape index (κ1) is 28.8. The molecule has 0 aliphatic carbocycles. The van der Waals surface area contributed by atoms with Crippen LogP contribution in [0.3, 0.4) is 0 Å². The minimum atomic E-state index is -0.916. The highest BCUT2D eigenvalue weighted by Gasteiger charge is 2.49. The molecule has 5 aromatic rings. The minimum Gasteiger partial charge on any atom is -0.461 e. The molecule has 11 heteroatoms. The summed E-state index contributed by atoms with van der Waals surface area (Å²) >= 11 is 0. The summed E-state index contributed by atoms with van der Waals surface area (Å²) in [6.45, 7) is 4.82. The minimum absolute atomic E-state index is 0.000726. The number of anilines is 1. The molecule has 4 aliphatic rings. The van der Waals surface area contributed by atoms with Crippen LogP contribution in [0.5, 0.6) is 6.01 Å². The molecule has 2 bridgehead atoms. The zero-order chi connectivity index (χ0) is 32.1. The number of aromatic amines is 1. The van der Waals surface area contributed by atoms with Crippen molar-refractivity contribution >= 4 is 38.4 Å². The fourth-order valence-corrected chi connectivity index (χ4v) is 8.89. The predicted octanol–water partition coefficient (Wildman–Crippen LogP) is 5.87. The second-order valence-corrected chi connectivity index (χ2v) is 14.1. The van der Waals surface area contributed by atoms with E-state index in [0.717, 1.165) is 37.6 Å². The van der Waals surface area contributed by atoms with E-state index in [4.69, 9.17) is 16.1 Å². The molecule has 4 fully saturated rings. The molecule has 47 heavy (non-hydrogen) atoms. The highest BCUT2D eigenvalue weighted by molar-refractivity contribution is 6.14. The van der Waals surface area contributed by atoms with E-state index in [1.54, 1.807) is 12.3 Å². The zero-order valence-corrected chi connectivity index (χ0v) is 26.0. The standard InChI is InChI=1S/C36H34F3N7O/c1-3-20-6-4-7-21-12-27-25(15-40-44-27)29(28(20)21)30-26(38)13-24-32(31(30)39)41-34(47-19-36-9-5-11-46(36)16-22(37)14-36)42-33(24)45-17-23-8-10-35(2,18-45)43-23/h1,4,6-7,12-13,15,22-23,43H,5,8-11,14,16-19H2,2H3,(H,40,44)/t22-,23-,35+,36+/m1/s1. The average molecular weight is 638 g/mol. The molecule has 9 rings (SSSR count). The van der Waals surface area contributed by atoms with Crippen LogP contribution in [0.25, 0.3) is 43.7 Å². The highest BCUT2D eigenvalue weighted by Crippen LogP contribution is 2.44.